The molecule has 1 fully saturated rings. The summed E-state index contributed by atoms with van der Waals surface area (Å²) in [6.07, 6.45) is 4.14. The molecule has 0 aromatic heterocycles. The van der Waals surface area contributed by atoms with Gasteiger partial charge in [-0.3, -0.25) is 4.79 Å². The third kappa shape index (κ3) is 3.37. The standard InChI is InChI=1S/C21H20N4O2/c22-9-14-2-1-3-15(6-14)17-7-16-4-5-23-10-19(16)20(8-17)24-18-11-25(12-18)21(27)13-26/h1-4,6-8,10,18,23-24,26H,5,11-13H2. The normalized spacial score (nSPS) is 15.3. The van der Waals surface area contributed by atoms with Crippen molar-refractivity contribution in [2.24, 2.45) is 0 Å². The minimum Gasteiger partial charge on any atom is -0.387 e. The number of aliphatic hydroxyl groups is 1. The van der Waals surface area contributed by atoms with Gasteiger partial charge in [0, 0.05) is 36.7 Å². The Bertz CT molecular complexity index is 1050. The molecule has 1 amide bonds. The second kappa shape index (κ2) is 7.14. The Balaban J connectivity index is 1.67. The highest BCUT2D eigenvalue weighted by molar-refractivity contribution is 5.78. The average Bonchev–Trinajstić information content (AvgIpc) is 2.69. The SMILES string of the molecule is N#Cc1cccc(-c2cc(NC3CN(C(=O)CO)C3)c3c(c2)=CCNC=3)c1. The molecule has 2 aromatic rings. The number of aliphatic hydroxyl groups excluding tert-OH is 1. The van der Waals surface area contributed by atoms with Crippen molar-refractivity contribution in [3.63, 3.8) is 0 Å². The van der Waals surface area contributed by atoms with Crippen molar-refractivity contribution < 1.29 is 9.90 Å². The summed E-state index contributed by atoms with van der Waals surface area (Å²) in [5, 5.41) is 27.1. The second-order valence-electron chi connectivity index (χ2n) is 6.77. The zero-order valence-corrected chi connectivity index (χ0v) is 14.8. The summed E-state index contributed by atoms with van der Waals surface area (Å²) < 4.78 is 0. The lowest BCUT2D eigenvalue weighted by atomic mass is 9.99. The Hall–Kier alpha value is -3.30. The molecule has 1 saturated heterocycles. The van der Waals surface area contributed by atoms with Crippen LogP contribution in [0.5, 0.6) is 0 Å². The summed E-state index contributed by atoms with van der Waals surface area (Å²) in [4.78, 5) is 13.2. The predicted molar refractivity (Wildman–Crippen MR) is 104 cm³/mol. The van der Waals surface area contributed by atoms with E-state index < -0.39 is 6.61 Å². The lowest BCUT2D eigenvalue weighted by Crippen LogP contribution is -2.58. The van der Waals surface area contributed by atoms with Crippen molar-refractivity contribution >= 4 is 23.9 Å². The molecule has 0 bridgehead atoms. The first-order valence-electron chi connectivity index (χ1n) is 8.91. The van der Waals surface area contributed by atoms with Crippen molar-refractivity contribution in [1.82, 2.24) is 10.2 Å². The smallest absolute Gasteiger partial charge is 0.248 e. The van der Waals surface area contributed by atoms with E-state index >= 15 is 0 Å². The molecule has 6 heteroatoms. The van der Waals surface area contributed by atoms with E-state index in [1.807, 2.05) is 24.4 Å². The van der Waals surface area contributed by atoms with E-state index in [2.05, 4.69) is 34.9 Å². The molecule has 2 aromatic carbocycles. The quantitative estimate of drug-likeness (QED) is 0.712. The number of carbonyl (C=O) groups is 1. The molecule has 136 valence electrons. The molecule has 27 heavy (non-hydrogen) atoms. The summed E-state index contributed by atoms with van der Waals surface area (Å²) in [6, 6.07) is 14.1. The van der Waals surface area contributed by atoms with Gasteiger partial charge in [0.2, 0.25) is 5.91 Å². The van der Waals surface area contributed by atoms with Gasteiger partial charge < -0.3 is 20.6 Å². The highest BCUT2D eigenvalue weighted by Crippen LogP contribution is 2.22. The number of nitrogens with one attached hydrogen (secondary N) is 2. The lowest BCUT2D eigenvalue weighted by Gasteiger charge is -2.40. The fourth-order valence-corrected chi connectivity index (χ4v) is 3.48. The molecular weight excluding hydrogens is 340 g/mol. The number of benzene rings is 2. The zero-order valence-electron chi connectivity index (χ0n) is 14.8. The van der Waals surface area contributed by atoms with Crippen molar-refractivity contribution in [2.75, 3.05) is 31.6 Å². The third-order valence-corrected chi connectivity index (χ3v) is 4.95. The molecule has 3 N–H and O–H groups in total. The minimum atomic E-state index is -0.445. The Morgan fingerprint density at radius 1 is 1.30 bits per heavy atom. The molecule has 6 nitrogen and oxygen atoms in total. The maximum Gasteiger partial charge on any atom is 0.248 e. The van der Waals surface area contributed by atoms with Crippen LogP contribution in [0.1, 0.15) is 5.56 Å². The average molecular weight is 360 g/mol. The molecule has 0 aliphatic carbocycles. The van der Waals surface area contributed by atoms with Crippen LogP contribution in [-0.4, -0.2) is 48.2 Å². The highest BCUT2D eigenvalue weighted by Gasteiger charge is 2.30. The summed E-state index contributed by atoms with van der Waals surface area (Å²) in [7, 11) is 0. The van der Waals surface area contributed by atoms with E-state index in [4.69, 9.17) is 5.11 Å². The topological polar surface area (TPSA) is 88.4 Å². The lowest BCUT2D eigenvalue weighted by molar-refractivity contribution is -0.138. The van der Waals surface area contributed by atoms with Crippen molar-refractivity contribution in [2.45, 2.75) is 6.04 Å². The fourth-order valence-electron chi connectivity index (χ4n) is 3.48. The van der Waals surface area contributed by atoms with Gasteiger partial charge in [0.15, 0.2) is 0 Å². The van der Waals surface area contributed by atoms with Gasteiger partial charge in [-0.2, -0.15) is 5.26 Å². The van der Waals surface area contributed by atoms with Crippen LogP contribution in [0.2, 0.25) is 0 Å². The van der Waals surface area contributed by atoms with Crippen molar-refractivity contribution in [3.8, 4) is 17.2 Å². The number of anilines is 1. The molecule has 2 aliphatic heterocycles. The monoisotopic (exact) mass is 360 g/mol. The predicted octanol–water partition coefficient (Wildman–Crippen LogP) is -0.0380. The first kappa shape index (κ1) is 17.1. The van der Waals surface area contributed by atoms with Gasteiger partial charge >= 0.3 is 0 Å². The van der Waals surface area contributed by atoms with Crippen LogP contribution >= 0.6 is 0 Å². The Labute approximate surface area is 157 Å². The maximum absolute atomic E-state index is 11.5. The van der Waals surface area contributed by atoms with Gasteiger partial charge in [0.25, 0.3) is 0 Å². The van der Waals surface area contributed by atoms with Gasteiger partial charge in [0.05, 0.1) is 17.7 Å². The number of nitrogens with zero attached hydrogens (tertiary/aromatic N) is 2. The molecular formula is C21H20N4O2. The maximum atomic E-state index is 11.5. The van der Waals surface area contributed by atoms with E-state index in [9.17, 15) is 10.1 Å². The Kier molecular flexibility index (Phi) is 4.53. The summed E-state index contributed by atoms with van der Waals surface area (Å²) in [6.45, 7) is 1.49. The van der Waals surface area contributed by atoms with Gasteiger partial charge in [-0.05, 0) is 40.6 Å². The van der Waals surface area contributed by atoms with Crippen molar-refractivity contribution in [3.05, 3.63) is 52.4 Å². The highest BCUT2D eigenvalue weighted by atomic mass is 16.3. The molecule has 2 heterocycles. The number of rotatable bonds is 4. The van der Waals surface area contributed by atoms with Crippen LogP contribution in [-0.2, 0) is 4.79 Å². The van der Waals surface area contributed by atoms with E-state index in [-0.39, 0.29) is 11.9 Å². The Morgan fingerprint density at radius 2 is 2.15 bits per heavy atom. The number of nitriles is 1. The summed E-state index contributed by atoms with van der Waals surface area (Å²) in [5.41, 5.74) is 3.67. The van der Waals surface area contributed by atoms with Gasteiger partial charge in [-0.15, -0.1) is 0 Å². The van der Waals surface area contributed by atoms with Crippen LogP contribution in [0, 0.1) is 11.3 Å². The van der Waals surface area contributed by atoms with Crippen molar-refractivity contribution in [1.29, 1.82) is 5.26 Å². The van der Waals surface area contributed by atoms with Crippen LogP contribution < -0.4 is 21.1 Å². The molecule has 0 unspecified atom stereocenters. The summed E-state index contributed by atoms with van der Waals surface area (Å²) in [5.74, 6) is -0.237. The third-order valence-electron chi connectivity index (χ3n) is 4.95. The number of carbonyl (C=O) groups excluding carboxylic acids is 1. The zero-order chi connectivity index (χ0) is 18.8. The molecule has 0 spiro atoms. The van der Waals surface area contributed by atoms with Crippen LogP contribution in [0.25, 0.3) is 23.4 Å². The molecule has 0 saturated carbocycles. The Morgan fingerprint density at radius 3 is 2.93 bits per heavy atom. The number of likely N-dealkylation sites (tertiary alicyclic amines) is 1. The van der Waals surface area contributed by atoms with Crippen LogP contribution in [0.15, 0.2) is 36.4 Å². The minimum absolute atomic E-state index is 0.153. The van der Waals surface area contributed by atoms with Gasteiger partial charge in [0.1, 0.15) is 6.61 Å². The fraction of sp³-hybridized carbons (Fsp3) is 0.238. The van der Waals surface area contributed by atoms with E-state index in [1.165, 1.54) is 0 Å². The van der Waals surface area contributed by atoms with E-state index in [0.717, 1.165) is 33.8 Å². The number of hydrogen-bond acceptors (Lipinski definition) is 5. The number of fused-ring (bicyclic) bond motifs is 1. The van der Waals surface area contributed by atoms with Crippen LogP contribution in [0.3, 0.4) is 0 Å². The molecule has 4 rings (SSSR count). The van der Waals surface area contributed by atoms with Gasteiger partial charge in [-0.25, -0.2) is 0 Å². The van der Waals surface area contributed by atoms with Gasteiger partial charge in [-0.1, -0.05) is 18.2 Å². The molecule has 0 radical (unpaired) electrons. The second-order valence-corrected chi connectivity index (χ2v) is 6.77. The summed E-state index contributed by atoms with van der Waals surface area (Å²) >= 11 is 0. The number of amides is 1. The van der Waals surface area contributed by atoms with Crippen LogP contribution in [0.4, 0.5) is 5.69 Å². The first-order chi connectivity index (χ1) is 13.2. The molecule has 0 atom stereocenters. The first-order valence-corrected chi connectivity index (χ1v) is 8.91. The largest absolute Gasteiger partial charge is 0.387 e. The number of hydrogen-bond donors (Lipinski definition) is 3. The molecule has 2 aliphatic rings. The van der Waals surface area contributed by atoms with E-state index in [1.54, 1.807) is 11.0 Å². The van der Waals surface area contributed by atoms with E-state index in [0.29, 0.717) is 18.7 Å².